The van der Waals surface area contributed by atoms with Gasteiger partial charge in [-0.3, -0.25) is 10.1 Å². The van der Waals surface area contributed by atoms with Crippen LogP contribution >= 0.6 is 21.6 Å². The maximum atomic E-state index is 13.2. The van der Waals surface area contributed by atoms with Crippen molar-refractivity contribution in [1.29, 1.82) is 0 Å². The summed E-state index contributed by atoms with van der Waals surface area (Å²) in [5, 5.41) is 41.1. The number of aliphatic hydroxyl groups excluding tert-OH is 2. The summed E-state index contributed by atoms with van der Waals surface area (Å²) in [5.41, 5.74) is 11.8. The van der Waals surface area contributed by atoms with Crippen molar-refractivity contribution in [1.82, 2.24) is 10.6 Å². The monoisotopic (exact) mass is 866 g/mol. The molecule has 0 saturated carbocycles. The number of hydrogen-bond donors (Lipinski definition) is 6. The van der Waals surface area contributed by atoms with Gasteiger partial charge in [0, 0.05) is 66.2 Å². The number of methoxy groups -OCH3 is 1. The highest BCUT2D eigenvalue weighted by Gasteiger charge is 2.41. The number of aryl methyl sites for hydroxylation is 3. The van der Waals surface area contributed by atoms with Crippen LogP contribution in [0.3, 0.4) is 0 Å². The number of aliphatic imine (C=N–C) groups is 1. The number of aliphatic hydroxyl groups is 2. The molecule has 7 N–H and O–H groups in total. The Bertz CT molecular complexity index is 2180. The number of aromatic hydroxyl groups is 1. The van der Waals surface area contributed by atoms with E-state index in [0.29, 0.717) is 66.8 Å². The standard InChI is InChI=1S/C48H58N4O7S2/c1-29(2)42-27-61-60-26-40-39-25-38-32-17-21-36(54)24-35(53)20-16-31-18-22-43(55)45(57-3)37(31)13-7-11-33(23-32)44(46(38)59-47(39)56)58-28-50-34(19-15-30-9-5-4-6-10-30)12-8-14-41(40)51-48(49)52-42/h4-6,9-10,18,22-23,29,34,36,39-42,47,50,54-56H,11-12,15-17,19-21,24-28H2,1-3H3,(H3,49,51,52). The van der Waals surface area contributed by atoms with Gasteiger partial charge in [0.2, 0.25) is 6.29 Å². The first kappa shape index (κ1) is 44.6. The second-order valence-electron chi connectivity index (χ2n) is 16.7. The Morgan fingerprint density at radius 1 is 0.984 bits per heavy atom. The molecule has 11 nitrogen and oxygen atoms in total. The molecule has 4 aliphatic heterocycles. The SMILES string of the molecule is COc1c(O)ccc2c1C#CCc1cc(c3c4c1OCNC(CCc1ccccc1)CC#CC1NC(N)=NC(C(C)C)CSSCC1C(C3)C(O)O4)CCC(O)CC(=O)CC2. The van der Waals surface area contributed by atoms with Crippen LogP contribution in [0.5, 0.6) is 23.0 Å². The number of nitrogens with one attached hydrogen (secondary N) is 2. The van der Waals surface area contributed by atoms with Gasteiger partial charge in [-0.1, -0.05) is 102 Å². The lowest BCUT2D eigenvalue weighted by Crippen LogP contribution is -2.51. The van der Waals surface area contributed by atoms with Gasteiger partial charge in [0.15, 0.2) is 29.0 Å². The lowest BCUT2D eigenvalue weighted by atomic mass is 9.78. The smallest absolute Gasteiger partial charge is 0.201 e. The summed E-state index contributed by atoms with van der Waals surface area (Å²) in [6, 6.07) is 15.4. The zero-order valence-corrected chi connectivity index (χ0v) is 36.9. The lowest BCUT2D eigenvalue weighted by molar-refractivity contribution is -0.121. The molecule has 3 aromatic carbocycles. The number of nitrogens with two attached hydrogens (primary N) is 1. The molecule has 324 valence electrons. The summed E-state index contributed by atoms with van der Waals surface area (Å²) in [4.78, 5) is 18.1. The van der Waals surface area contributed by atoms with Crippen LogP contribution in [0.15, 0.2) is 53.5 Å². The first-order chi connectivity index (χ1) is 29.6. The summed E-state index contributed by atoms with van der Waals surface area (Å²) in [6.07, 6.45) is 2.35. The fourth-order valence-corrected chi connectivity index (χ4v) is 11.4. The Morgan fingerprint density at radius 3 is 2.61 bits per heavy atom. The van der Waals surface area contributed by atoms with Crippen LogP contribution in [0.2, 0.25) is 0 Å². The molecule has 0 aromatic heterocycles. The van der Waals surface area contributed by atoms with Crippen molar-refractivity contribution in [3.63, 3.8) is 0 Å². The van der Waals surface area contributed by atoms with E-state index in [-0.39, 0.29) is 67.2 Å². The molecule has 0 amide bonds. The normalized spacial score (nSPS) is 26.0. The van der Waals surface area contributed by atoms with E-state index in [1.54, 1.807) is 33.7 Å². The van der Waals surface area contributed by atoms with Crippen molar-refractivity contribution in [2.24, 2.45) is 28.5 Å². The number of ether oxygens (including phenoxy) is 3. The van der Waals surface area contributed by atoms with E-state index in [2.05, 4.69) is 78.5 Å². The number of carbonyl (C=O) groups excluding carboxylic acids is 1. The van der Waals surface area contributed by atoms with Gasteiger partial charge < -0.3 is 40.6 Å². The third-order valence-corrected chi connectivity index (χ3v) is 14.6. The molecule has 7 atom stereocenters. The number of guanidine groups is 1. The highest BCUT2D eigenvalue weighted by Crippen LogP contribution is 2.47. The summed E-state index contributed by atoms with van der Waals surface area (Å²) in [5.74, 6) is 16.3. The fourth-order valence-electron chi connectivity index (χ4n) is 8.52. The van der Waals surface area contributed by atoms with Crippen molar-refractivity contribution in [2.45, 2.75) is 109 Å². The van der Waals surface area contributed by atoms with Crippen molar-refractivity contribution in [2.75, 3.05) is 25.3 Å². The molecule has 4 heterocycles. The molecule has 8 rings (SSSR count). The summed E-state index contributed by atoms with van der Waals surface area (Å²) < 4.78 is 18.9. The predicted molar refractivity (Wildman–Crippen MR) is 243 cm³/mol. The van der Waals surface area contributed by atoms with E-state index < -0.39 is 18.4 Å². The van der Waals surface area contributed by atoms with E-state index in [1.807, 2.05) is 6.07 Å². The summed E-state index contributed by atoms with van der Waals surface area (Å²) in [6.45, 7) is 4.46. The minimum atomic E-state index is -1.19. The van der Waals surface area contributed by atoms with Crippen molar-refractivity contribution in [3.05, 3.63) is 81.9 Å². The largest absolute Gasteiger partial charge is 0.504 e. The summed E-state index contributed by atoms with van der Waals surface area (Å²) in [7, 11) is 5.01. The number of Topliss-reactive ketones (excluding diaryl/α,β-unsaturated/α-hetero) is 1. The van der Waals surface area contributed by atoms with Gasteiger partial charge in [0.25, 0.3) is 0 Å². The number of phenolic OH excluding ortho intramolecular Hbond substituents is 1. The van der Waals surface area contributed by atoms with Crippen LogP contribution in [0.4, 0.5) is 0 Å². The molecular formula is C48H58N4O7S2. The van der Waals surface area contributed by atoms with Crippen LogP contribution in [0, 0.1) is 41.4 Å². The molecule has 13 heteroatoms. The van der Waals surface area contributed by atoms with Crippen molar-refractivity contribution in [3.8, 4) is 46.7 Å². The summed E-state index contributed by atoms with van der Waals surface area (Å²) >= 11 is 0. The van der Waals surface area contributed by atoms with E-state index >= 15 is 0 Å². The van der Waals surface area contributed by atoms with Crippen LogP contribution < -0.4 is 30.6 Å². The molecule has 7 unspecified atom stereocenters. The molecule has 0 spiro atoms. The molecule has 0 fully saturated rings. The zero-order chi connectivity index (χ0) is 42.9. The second-order valence-corrected chi connectivity index (χ2v) is 19.2. The van der Waals surface area contributed by atoms with Gasteiger partial charge in [0.1, 0.15) is 12.5 Å². The number of rotatable bonds is 5. The van der Waals surface area contributed by atoms with Gasteiger partial charge in [-0.25, -0.2) is 4.99 Å². The number of carbonyl (C=O) groups is 1. The Labute approximate surface area is 367 Å². The number of phenols is 1. The number of hydrogen-bond acceptors (Lipinski definition) is 13. The van der Waals surface area contributed by atoms with E-state index in [4.69, 9.17) is 24.9 Å². The van der Waals surface area contributed by atoms with Gasteiger partial charge in [-0.15, -0.1) is 0 Å². The first-order valence-corrected chi connectivity index (χ1v) is 23.9. The second kappa shape index (κ2) is 21.0. The third-order valence-electron chi connectivity index (χ3n) is 12.1. The Kier molecular flexibility index (Phi) is 15.4. The molecule has 5 aliphatic rings. The molecule has 0 saturated heterocycles. The minimum absolute atomic E-state index is 0.0131. The molecule has 3 aromatic rings. The van der Waals surface area contributed by atoms with Crippen LogP contribution in [-0.2, 0) is 36.9 Å². The third kappa shape index (κ3) is 11.3. The van der Waals surface area contributed by atoms with Crippen LogP contribution in [0.25, 0.3) is 0 Å². The highest BCUT2D eigenvalue weighted by atomic mass is 33.1. The van der Waals surface area contributed by atoms with E-state index in [0.717, 1.165) is 40.8 Å². The average Bonchev–Trinajstić information content (AvgIpc) is 3.24. The van der Waals surface area contributed by atoms with E-state index in [9.17, 15) is 20.1 Å². The van der Waals surface area contributed by atoms with E-state index in [1.165, 1.54) is 12.7 Å². The highest BCUT2D eigenvalue weighted by molar-refractivity contribution is 8.76. The number of ketones is 1. The maximum absolute atomic E-state index is 13.2. The molecule has 61 heavy (non-hydrogen) atoms. The average molecular weight is 867 g/mol. The van der Waals surface area contributed by atoms with Crippen LogP contribution in [0.1, 0.15) is 79.3 Å². The Balaban J connectivity index is 1.33. The number of nitrogens with zero attached hydrogens (tertiary/aromatic N) is 1. The van der Waals surface area contributed by atoms with Gasteiger partial charge >= 0.3 is 0 Å². The van der Waals surface area contributed by atoms with Gasteiger partial charge in [0.05, 0.1) is 30.9 Å². The Hall–Kier alpha value is -4.50. The molecule has 6 bridgehead atoms. The Morgan fingerprint density at radius 2 is 1.80 bits per heavy atom. The molecule has 0 radical (unpaired) electrons. The lowest BCUT2D eigenvalue weighted by Gasteiger charge is -2.40. The molecule has 1 aliphatic carbocycles. The van der Waals surface area contributed by atoms with Crippen molar-refractivity contribution >= 4 is 33.3 Å². The molecular weight excluding hydrogens is 809 g/mol. The fraction of sp³-hybridized carbons (Fsp3) is 0.500. The first-order valence-electron chi connectivity index (χ1n) is 21.4. The zero-order valence-electron chi connectivity index (χ0n) is 35.2. The van der Waals surface area contributed by atoms with Crippen molar-refractivity contribution < 1.29 is 34.3 Å². The topological polar surface area (TPSA) is 168 Å². The number of fused-ring (bicyclic) bond motifs is 9. The van der Waals surface area contributed by atoms with Crippen LogP contribution in [-0.4, -0.2) is 82.9 Å². The van der Waals surface area contributed by atoms with Gasteiger partial charge in [-0.2, -0.15) is 0 Å². The predicted octanol–water partition coefficient (Wildman–Crippen LogP) is 5.71. The van der Waals surface area contributed by atoms with Gasteiger partial charge in [-0.05, 0) is 67.2 Å². The minimum Gasteiger partial charge on any atom is -0.504 e. The quantitative estimate of drug-likeness (QED) is 0.137. The number of benzene rings is 3. The maximum Gasteiger partial charge on any atom is 0.201 e.